The summed E-state index contributed by atoms with van der Waals surface area (Å²) in [6.07, 6.45) is -2.36. The lowest BCUT2D eigenvalue weighted by atomic mass is 9.94. The van der Waals surface area contributed by atoms with Gasteiger partial charge in [0.2, 0.25) is 0 Å². The van der Waals surface area contributed by atoms with Crippen LogP contribution in [0.15, 0.2) is 18.2 Å². The van der Waals surface area contributed by atoms with E-state index in [4.69, 9.17) is 0 Å². The van der Waals surface area contributed by atoms with Gasteiger partial charge in [-0.25, -0.2) is 0 Å². The number of hydrogen-bond donors (Lipinski definition) is 1. The number of halogens is 3. The molecule has 1 aromatic rings. The van der Waals surface area contributed by atoms with Gasteiger partial charge in [-0.3, -0.25) is 4.90 Å². The lowest BCUT2D eigenvalue weighted by molar-refractivity contribution is -0.137. The molecule has 0 spiro atoms. The second-order valence-electron chi connectivity index (χ2n) is 4.97. The number of fused-ring (bicyclic) bond motifs is 1. The third-order valence-electron chi connectivity index (χ3n) is 3.83. The molecule has 5 heteroatoms. The maximum atomic E-state index is 12.9. The predicted molar refractivity (Wildman–Crippen MR) is 63.6 cm³/mol. The number of nitrogens with one attached hydrogen (secondary N) is 1. The second-order valence-corrected chi connectivity index (χ2v) is 4.97. The zero-order valence-corrected chi connectivity index (χ0v) is 9.93. The average Bonchev–Trinajstić information content (AvgIpc) is 2.24. The zero-order valence-electron chi connectivity index (χ0n) is 9.93. The van der Waals surface area contributed by atoms with Gasteiger partial charge in [-0.15, -0.1) is 0 Å². The highest BCUT2D eigenvalue weighted by atomic mass is 19.4. The Morgan fingerprint density at radius 1 is 1.22 bits per heavy atom. The number of likely N-dealkylation sites (tertiary alicyclic amines) is 1. The van der Waals surface area contributed by atoms with Crippen LogP contribution in [0.5, 0.6) is 0 Å². The Morgan fingerprint density at radius 3 is 2.61 bits per heavy atom. The summed E-state index contributed by atoms with van der Waals surface area (Å²) in [5.41, 5.74) is 0.525. The van der Waals surface area contributed by atoms with Crippen molar-refractivity contribution in [3.05, 3.63) is 29.3 Å². The molecule has 98 valence electrons. The van der Waals surface area contributed by atoms with Crippen LogP contribution in [-0.2, 0) is 12.6 Å². The minimum Gasteiger partial charge on any atom is -0.383 e. The molecule has 0 saturated carbocycles. The van der Waals surface area contributed by atoms with Gasteiger partial charge < -0.3 is 5.32 Å². The molecule has 1 saturated heterocycles. The van der Waals surface area contributed by atoms with Gasteiger partial charge in [-0.05, 0) is 37.6 Å². The molecule has 0 aliphatic carbocycles. The van der Waals surface area contributed by atoms with Gasteiger partial charge in [0.15, 0.2) is 0 Å². The summed E-state index contributed by atoms with van der Waals surface area (Å²) >= 11 is 0. The van der Waals surface area contributed by atoms with E-state index in [9.17, 15) is 13.2 Å². The van der Waals surface area contributed by atoms with Crippen LogP contribution < -0.4 is 5.32 Å². The lowest BCUT2D eigenvalue weighted by Gasteiger charge is -2.41. The molecule has 1 atom stereocenters. The number of hydrogen-bond acceptors (Lipinski definition) is 2. The largest absolute Gasteiger partial charge is 0.418 e. The lowest BCUT2D eigenvalue weighted by Crippen LogP contribution is -2.50. The minimum atomic E-state index is -4.28. The number of benzene rings is 1. The highest BCUT2D eigenvalue weighted by Crippen LogP contribution is 2.38. The van der Waals surface area contributed by atoms with E-state index in [1.807, 2.05) is 0 Å². The van der Waals surface area contributed by atoms with Crippen molar-refractivity contribution in [1.82, 2.24) is 4.90 Å². The number of alkyl halides is 3. The van der Waals surface area contributed by atoms with E-state index >= 15 is 0 Å². The fourth-order valence-electron chi connectivity index (χ4n) is 2.73. The molecule has 2 nitrogen and oxygen atoms in total. The van der Waals surface area contributed by atoms with Crippen LogP contribution in [-0.4, -0.2) is 30.6 Å². The molecule has 3 rings (SSSR count). The Bertz CT molecular complexity index is 452. The Balaban J connectivity index is 1.88. The van der Waals surface area contributed by atoms with Gasteiger partial charge in [-0.2, -0.15) is 13.2 Å². The summed E-state index contributed by atoms with van der Waals surface area (Å²) in [7, 11) is 0. The number of nitrogens with zero attached hydrogens (tertiary/aromatic N) is 1. The van der Waals surface area contributed by atoms with Crippen molar-refractivity contribution < 1.29 is 13.2 Å². The maximum Gasteiger partial charge on any atom is 0.418 e. The van der Waals surface area contributed by atoms with E-state index in [1.165, 1.54) is 12.5 Å². The van der Waals surface area contributed by atoms with Crippen molar-refractivity contribution in [3.63, 3.8) is 0 Å². The van der Waals surface area contributed by atoms with Gasteiger partial charge in [0.1, 0.15) is 0 Å². The molecule has 1 unspecified atom stereocenters. The maximum absolute atomic E-state index is 12.9. The van der Waals surface area contributed by atoms with Crippen molar-refractivity contribution >= 4 is 5.69 Å². The normalized spacial score (nSPS) is 24.1. The predicted octanol–water partition coefficient (Wildman–Crippen LogP) is 2.75. The van der Waals surface area contributed by atoms with Gasteiger partial charge in [-0.1, -0.05) is 12.1 Å². The molecule has 2 heterocycles. The molecular formula is C13H15F3N2. The van der Waals surface area contributed by atoms with E-state index in [0.717, 1.165) is 24.7 Å². The molecular weight excluding hydrogens is 241 g/mol. The summed E-state index contributed by atoms with van der Waals surface area (Å²) in [6, 6.07) is 4.79. The van der Waals surface area contributed by atoms with E-state index in [1.54, 1.807) is 6.07 Å². The summed E-state index contributed by atoms with van der Waals surface area (Å²) in [5.74, 6) is 0. The van der Waals surface area contributed by atoms with Crippen LogP contribution in [0.4, 0.5) is 18.9 Å². The molecule has 0 aromatic heterocycles. The van der Waals surface area contributed by atoms with E-state index < -0.39 is 11.7 Å². The number of anilines is 1. The van der Waals surface area contributed by atoms with Gasteiger partial charge in [0.05, 0.1) is 5.56 Å². The summed E-state index contributed by atoms with van der Waals surface area (Å²) in [4.78, 5) is 2.33. The topological polar surface area (TPSA) is 15.3 Å². The molecule has 0 radical (unpaired) electrons. The molecule has 2 aliphatic heterocycles. The quantitative estimate of drug-likeness (QED) is 0.831. The summed E-state index contributed by atoms with van der Waals surface area (Å²) < 4.78 is 38.6. The molecule has 1 fully saturated rings. The Labute approximate surface area is 104 Å². The van der Waals surface area contributed by atoms with E-state index in [-0.39, 0.29) is 5.69 Å². The Hall–Kier alpha value is -1.23. The zero-order chi connectivity index (χ0) is 12.8. The minimum absolute atomic E-state index is 0.279. The monoisotopic (exact) mass is 256 g/mol. The van der Waals surface area contributed by atoms with Crippen LogP contribution in [0.2, 0.25) is 0 Å². The van der Waals surface area contributed by atoms with Gasteiger partial charge in [0, 0.05) is 18.3 Å². The van der Waals surface area contributed by atoms with Gasteiger partial charge >= 0.3 is 6.18 Å². The van der Waals surface area contributed by atoms with E-state index in [0.29, 0.717) is 19.0 Å². The fourth-order valence-corrected chi connectivity index (χ4v) is 2.73. The molecule has 18 heavy (non-hydrogen) atoms. The molecule has 0 amide bonds. The van der Waals surface area contributed by atoms with Crippen molar-refractivity contribution in [2.45, 2.75) is 25.1 Å². The third-order valence-corrected chi connectivity index (χ3v) is 3.83. The Morgan fingerprint density at radius 2 is 2.00 bits per heavy atom. The highest BCUT2D eigenvalue weighted by Gasteiger charge is 2.36. The molecule has 2 aliphatic rings. The fraction of sp³-hybridized carbons (Fsp3) is 0.538. The highest BCUT2D eigenvalue weighted by molar-refractivity contribution is 5.61. The van der Waals surface area contributed by atoms with Crippen molar-refractivity contribution in [1.29, 1.82) is 0 Å². The van der Waals surface area contributed by atoms with Crippen LogP contribution in [0.1, 0.15) is 17.5 Å². The van der Waals surface area contributed by atoms with Crippen molar-refractivity contribution in [2.75, 3.05) is 25.0 Å². The van der Waals surface area contributed by atoms with Crippen LogP contribution in [0.25, 0.3) is 0 Å². The third kappa shape index (κ3) is 1.96. The molecule has 0 bridgehead atoms. The van der Waals surface area contributed by atoms with Crippen LogP contribution >= 0.6 is 0 Å². The molecule has 1 aromatic carbocycles. The summed E-state index contributed by atoms with van der Waals surface area (Å²) in [5, 5.41) is 2.98. The van der Waals surface area contributed by atoms with Gasteiger partial charge in [0.25, 0.3) is 0 Å². The first-order valence-corrected chi connectivity index (χ1v) is 6.23. The standard InChI is InChI=1S/C13H15F3N2/c14-13(15,16)11-4-1-3-9-7-10(8-17-12(9)11)18-5-2-6-18/h1,3-4,10,17H,2,5-8H2. The average molecular weight is 256 g/mol. The first kappa shape index (κ1) is 11.8. The van der Waals surface area contributed by atoms with Crippen molar-refractivity contribution in [2.24, 2.45) is 0 Å². The first-order valence-electron chi connectivity index (χ1n) is 6.23. The first-order chi connectivity index (χ1) is 8.55. The van der Waals surface area contributed by atoms with Crippen molar-refractivity contribution in [3.8, 4) is 0 Å². The second kappa shape index (κ2) is 4.16. The SMILES string of the molecule is FC(F)(F)c1cccc2c1NCC(N1CCC1)C2. The van der Waals surface area contributed by atoms with E-state index in [2.05, 4.69) is 10.2 Å². The Kier molecular flexibility index (Phi) is 2.73. The number of rotatable bonds is 1. The molecule has 1 N–H and O–H groups in total. The number of para-hydroxylation sites is 1. The summed E-state index contributed by atoms with van der Waals surface area (Å²) in [6.45, 7) is 2.75. The van der Waals surface area contributed by atoms with Crippen LogP contribution in [0, 0.1) is 0 Å². The smallest absolute Gasteiger partial charge is 0.383 e. The van der Waals surface area contributed by atoms with Crippen LogP contribution in [0.3, 0.4) is 0 Å².